The number of likely N-dealkylation sites (tertiary alicyclic amines) is 1. The van der Waals surface area contributed by atoms with Gasteiger partial charge in [0.05, 0.1) is 12.0 Å². The van der Waals surface area contributed by atoms with Gasteiger partial charge in [0.25, 0.3) is 0 Å². The van der Waals surface area contributed by atoms with Crippen molar-refractivity contribution in [1.29, 1.82) is 0 Å². The first kappa shape index (κ1) is 21.1. The Labute approximate surface area is 182 Å². The molecule has 1 aliphatic heterocycles. The Balaban J connectivity index is 1.24. The minimum atomic E-state index is -0.272. The van der Waals surface area contributed by atoms with Crippen molar-refractivity contribution in [3.05, 3.63) is 84.2 Å². The van der Waals surface area contributed by atoms with Crippen molar-refractivity contribution in [2.45, 2.75) is 32.0 Å². The van der Waals surface area contributed by atoms with E-state index >= 15 is 0 Å². The Morgan fingerprint density at radius 1 is 1.13 bits per heavy atom. The summed E-state index contributed by atoms with van der Waals surface area (Å²) in [6.07, 6.45) is 7.10. The van der Waals surface area contributed by atoms with Crippen LogP contribution in [0.15, 0.2) is 72.2 Å². The zero-order valence-electron chi connectivity index (χ0n) is 17.8. The second-order valence-corrected chi connectivity index (χ2v) is 7.86. The van der Waals surface area contributed by atoms with Crippen LogP contribution in [-0.2, 0) is 13.1 Å². The molecule has 6 nitrogen and oxygen atoms in total. The van der Waals surface area contributed by atoms with E-state index in [-0.39, 0.29) is 5.82 Å². The van der Waals surface area contributed by atoms with E-state index in [2.05, 4.69) is 55.8 Å². The van der Waals surface area contributed by atoms with E-state index in [1.165, 1.54) is 5.56 Å². The van der Waals surface area contributed by atoms with Crippen LogP contribution >= 0.6 is 0 Å². The Morgan fingerprint density at radius 3 is 2.61 bits per heavy atom. The van der Waals surface area contributed by atoms with Gasteiger partial charge < -0.3 is 15.2 Å². The molecule has 7 heteroatoms. The SMILES string of the molecule is CN=C(NCc1ccc(-n2ccnc2)c(F)c1)NC1CCN(Cc2ccccc2)CC1. The van der Waals surface area contributed by atoms with E-state index in [4.69, 9.17) is 0 Å². The third-order valence-corrected chi connectivity index (χ3v) is 5.66. The number of nitrogens with one attached hydrogen (secondary N) is 2. The van der Waals surface area contributed by atoms with Crippen LogP contribution in [0.25, 0.3) is 5.69 Å². The van der Waals surface area contributed by atoms with Gasteiger partial charge in [-0.25, -0.2) is 9.37 Å². The Bertz CT molecular complexity index is 979. The molecule has 1 aromatic heterocycles. The molecule has 2 aromatic carbocycles. The number of hydrogen-bond donors (Lipinski definition) is 2. The molecule has 0 bridgehead atoms. The van der Waals surface area contributed by atoms with Crippen LogP contribution in [-0.4, -0.2) is 46.6 Å². The van der Waals surface area contributed by atoms with Crippen molar-refractivity contribution >= 4 is 5.96 Å². The summed E-state index contributed by atoms with van der Waals surface area (Å²) in [6, 6.07) is 16.2. The maximum atomic E-state index is 14.5. The number of imidazole rings is 1. The Morgan fingerprint density at radius 2 is 1.94 bits per heavy atom. The molecule has 1 aliphatic rings. The molecule has 0 amide bonds. The quantitative estimate of drug-likeness (QED) is 0.474. The zero-order chi connectivity index (χ0) is 21.5. The summed E-state index contributed by atoms with van der Waals surface area (Å²) < 4.78 is 16.1. The number of aromatic nitrogens is 2. The van der Waals surface area contributed by atoms with Gasteiger partial charge in [0, 0.05) is 51.7 Å². The molecule has 1 saturated heterocycles. The predicted octanol–water partition coefficient (Wildman–Crippen LogP) is 3.34. The highest BCUT2D eigenvalue weighted by Crippen LogP contribution is 2.16. The van der Waals surface area contributed by atoms with E-state index in [1.807, 2.05) is 6.07 Å². The van der Waals surface area contributed by atoms with E-state index in [1.54, 1.807) is 42.5 Å². The number of hydrogen-bond acceptors (Lipinski definition) is 3. The zero-order valence-corrected chi connectivity index (χ0v) is 17.8. The number of piperidine rings is 1. The largest absolute Gasteiger partial charge is 0.354 e. The molecule has 31 heavy (non-hydrogen) atoms. The summed E-state index contributed by atoms with van der Waals surface area (Å²) in [5.41, 5.74) is 2.71. The van der Waals surface area contributed by atoms with Gasteiger partial charge in [-0.2, -0.15) is 0 Å². The van der Waals surface area contributed by atoms with Gasteiger partial charge in [0.2, 0.25) is 0 Å². The first-order valence-electron chi connectivity index (χ1n) is 10.7. The molecule has 0 aliphatic carbocycles. The number of aliphatic imine (C=N–C) groups is 1. The van der Waals surface area contributed by atoms with E-state index in [0.29, 0.717) is 18.3 Å². The molecule has 2 N–H and O–H groups in total. The van der Waals surface area contributed by atoms with Crippen molar-refractivity contribution in [3.63, 3.8) is 0 Å². The maximum absolute atomic E-state index is 14.5. The van der Waals surface area contributed by atoms with Gasteiger partial charge >= 0.3 is 0 Å². The molecule has 162 valence electrons. The third-order valence-electron chi connectivity index (χ3n) is 5.66. The monoisotopic (exact) mass is 420 g/mol. The minimum absolute atomic E-state index is 0.272. The van der Waals surface area contributed by atoms with Crippen molar-refractivity contribution in [2.24, 2.45) is 4.99 Å². The minimum Gasteiger partial charge on any atom is -0.354 e. The van der Waals surface area contributed by atoms with Gasteiger partial charge in [0.15, 0.2) is 5.96 Å². The van der Waals surface area contributed by atoms with E-state index in [0.717, 1.165) is 44.0 Å². The molecule has 0 unspecified atom stereocenters. The molecule has 3 aromatic rings. The van der Waals surface area contributed by atoms with E-state index in [9.17, 15) is 4.39 Å². The normalized spacial score (nSPS) is 15.7. The fourth-order valence-corrected chi connectivity index (χ4v) is 3.92. The molecular formula is C24H29FN6. The summed E-state index contributed by atoms with van der Waals surface area (Å²) in [6.45, 7) is 3.63. The summed E-state index contributed by atoms with van der Waals surface area (Å²) >= 11 is 0. The smallest absolute Gasteiger partial charge is 0.191 e. The number of halogens is 1. The maximum Gasteiger partial charge on any atom is 0.191 e. The molecular weight excluding hydrogens is 391 g/mol. The van der Waals surface area contributed by atoms with Crippen molar-refractivity contribution in [1.82, 2.24) is 25.1 Å². The second-order valence-electron chi connectivity index (χ2n) is 7.86. The first-order valence-corrected chi connectivity index (χ1v) is 10.7. The lowest BCUT2D eigenvalue weighted by Gasteiger charge is -2.33. The molecule has 2 heterocycles. The number of benzene rings is 2. The average molecular weight is 421 g/mol. The molecule has 0 spiro atoms. The Hall–Kier alpha value is -3.19. The molecule has 1 fully saturated rings. The number of nitrogens with zero attached hydrogens (tertiary/aromatic N) is 4. The van der Waals surface area contributed by atoms with Crippen LogP contribution in [0.1, 0.15) is 24.0 Å². The first-order chi connectivity index (χ1) is 15.2. The highest BCUT2D eigenvalue weighted by Gasteiger charge is 2.20. The fourth-order valence-electron chi connectivity index (χ4n) is 3.92. The molecule has 0 radical (unpaired) electrons. The van der Waals surface area contributed by atoms with Crippen molar-refractivity contribution in [3.8, 4) is 5.69 Å². The van der Waals surface area contributed by atoms with Crippen LogP contribution in [0.5, 0.6) is 0 Å². The lowest BCUT2D eigenvalue weighted by molar-refractivity contribution is 0.198. The van der Waals surface area contributed by atoms with Crippen molar-refractivity contribution < 1.29 is 4.39 Å². The van der Waals surface area contributed by atoms with Crippen LogP contribution < -0.4 is 10.6 Å². The summed E-state index contributed by atoms with van der Waals surface area (Å²) in [5.74, 6) is 0.478. The topological polar surface area (TPSA) is 57.5 Å². The average Bonchev–Trinajstić information content (AvgIpc) is 3.33. The fraction of sp³-hybridized carbons (Fsp3) is 0.333. The lowest BCUT2D eigenvalue weighted by Crippen LogP contribution is -2.48. The van der Waals surface area contributed by atoms with Crippen LogP contribution in [0.4, 0.5) is 4.39 Å². The highest BCUT2D eigenvalue weighted by atomic mass is 19.1. The van der Waals surface area contributed by atoms with E-state index < -0.39 is 0 Å². The van der Waals surface area contributed by atoms with Gasteiger partial charge in [0.1, 0.15) is 5.82 Å². The highest BCUT2D eigenvalue weighted by molar-refractivity contribution is 5.80. The summed E-state index contributed by atoms with van der Waals surface area (Å²) in [4.78, 5) is 10.8. The molecule has 0 saturated carbocycles. The van der Waals surface area contributed by atoms with Crippen LogP contribution in [0, 0.1) is 5.82 Å². The van der Waals surface area contributed by atoms with Gasteiger partial charge in [-0.05, 0) is 36.1 Å². The third kappa shape index (κ3) is 5.70. The second kappa shape index (κ2) is 10.2. The number of guanidine groups is 1. The lowest BCUT2D eigenvalue weighted by atomic mass is 10.0. The number of rotatable bonds is 6. The standard InChI is InChI=1S/C24H29FN6/c1-26-24(28-16-20-7-8-23(22(25)15-20)31-14-11-27-18-31)29-21-9-12-30(13-10-21)17-19-5-3-2-4-6-19/h2-8,11,14-15,18,21H,9-10,12-13,16-17H2,1H3,(H2,26,28,29). The molecule has 0 atom stereocenters. The summed E-state index contributed by atoms with van der Waals surface area (Å²) in [5, 5.41) is 6.82. The summed E-state index contributed by atoms with van der Waals surface area (Å²) in [7, 11) is 1.77. The van der Waals surface area contributed by atoms with Gasteiger partial charge in [-0.15, -0.1) is 0 Å². The predicted molar refractivity (Wildman–Crippen MR) is 122 cm³/mol. The van der Waals surface area contributed by atoms with Crippen LogP contribution in [0.3, 0.4) is 0 Å². The molecule has 4 rings (SSSR count). The van der Waals surface area contributed by atoms with Crippen LogP contribution in [0.2, 0.25) is 0 Å². The Kier molecular flexibility index (Phi) is 6.94. The van der Waals surface area contributed by atoms with Gasteiger partial charge in [-0.3, -0.25) is 9.89 Å². The van der Waals surface area contributed by atoms with Crippen molar-refractivity contribution in [2.75, 3.05) is 20.1 Å². The van der Waals surface area contributed by atoms with Gasteiger partial charge in [-0.1, -0.05) is 36.4 Å².